The van der Waals surface area contributed by atoms with Crippen molar-refractivity contribution in [3.63, 3.8) is 0 Å². The molecule has 3 heteroatoms. The zero-order valence-corrected chi connectivity index (χ0v) is 10.5. The van der Waals surface area contributed by atoms with Gasteiger partial charge in [0.2, 0.25) is 0 Å². The summed E-state index contributed by atoms with van der Waals surface area (Å²) >= 11 is 0. The van der Waals surface area contributed by atoms with Crippen molar-refractivity contribution in [2.45, 2.75) is 46.7 Å². The highest BCUT2D eigenvalue weighted by atomic mass is 15.3. The van der Waals surface area contributed by atoms with Gasteiger partial charge in [-0.3, -0.25) is 4.68 Å². The van der Waals surface area contributed by atoms with Crippen LogP contribution in [0.5, 0.6) is 0 Å². The third kappa shape index (κ3) is 3.67. The average Bonchev–Trinajstić information content (AvgIpc) is 2.62. The molecular formula is C12H23N3. The minimum Gasteiger partial charge on any atom is -0.310 e. The van der Waals surface area contributed by atoms with E-state index in [9.17, 15) is 0 Å². The fraction of sp³-hybridized carbons (Fsp3) is 0.750. The molecular weight excluding hydrogens is 186 g/mol. The largest absolute Gasteiger partial charge is 0.310 e. The Morgan fingerprint density at radius 1 is 1.27 bits per heavy atom. The van der Waals surface area contributed by atoms with Crippen molar-refractivity contribution in [1.29, 1.82) is 0 Å². The summed E-state index contributed by atoms with van der Waals surface area (Å²) in [6.07, 6.45) is 4.08. The number of aromatic nitrogens is 2. The zero-order valence-electron chi connectivity index (χ0n) is 10.5. The van der Waals surface area contributed by atoms with Crippen LogP contribution in [0.3, 0.4) is 0 Å². The molecule has 3 nitrogen and oxygen atoms in total. The lowest BCUT2D eigenvalue weighted by Crippen LogP contribution is -2.22. The third-order valence-corrected chi connectivity index (χ3v) is 2.48. The molecule has 0 amide bonds. The van der Waals surface area contributed by atoms with Crippen molar-refractivity contribution < 1.29 is 0 Å². The summed E-state index contributed by atoms with van der Waals surface area (Å²) in [5.41, 5.74) is 1.27. The molecule has 1 atom stereocenters. The number of nitrogens with one attached hydrogen (secondary N) is 1. The van der Waals surface area contributed by atoms with Crippen LogP contribution in [0.25, 0.3) is 0 Å². The van der Waals surface area contributed by atoms with Gasteiger partial charge < -0.3 is 5.32 Å². The van der Waals surface area contributed by atoms with Gasteiger partial charge in [-0.15, -0.1) is 0 Å². The van der Waals surface area contributed by atoms with Crippen LogP contribution in [0.4, 0.5) is 0 Å². The molecule has 86 valence electrons. The molecule has 0 aliphatic carbocycles. The van der Waals surface area contributed by atoms with Crippen LogP contribution in [-0.4, -0.2) is 16.3 Å². The van der Waals surface area contributed by atoms with E-state index in [2.05, 4.69) is 51.2 Å². The van der Waals surface area contributed by atoms with E-state index >= 15 is 0 Å². The van der Waals surface area contributed by atoms with E-state index in [0.29, 0.717) is 18.0 Å². The van der Waals surface area contributed by atoms with Crippen molar-refractivity contribution in [2.75, 3.05) is 6.54 Å². The van der Waals surface area contributed by atoms with Gasteiger partial charge in [-0.2, -0.15) is 5.10 Å². The summed E-state index contributed by atoms with van der Waals surface area (Å²) in [4.78, 5) is 0. The molecule has 0 spiro atoms. The molecule has 0 aliphatic heterocycles. The van der Waals surface area contributed by atoms with Crippen molar-refractivity contribution in [3.8, 4) is 0 Å². The van der Waals surface area contributed by atoms with Crippen LogP contribution in [0, 0.1) is 5.92 Å². The van der Waals surface area contributed by atoms with Gasteiger partial charge in [-0.05, 0) is 33.2 Å². The van der Waals surface area contributed by atoms with Gasteiger partial charge in [0.1, 0.15) is 0 Å². The van der Waals surface area contributed by atoms with E-state index in [4.69, 9.17) is 0 Å². The Bertz CT molecular complexity index is 289. The second-order valence-corrected chi connectivity index (χ2v) is 4.87. The summed E-state index contributed by atoms with van der Waals surface area (Å²) in [7, 11) is 0. The summed E-state index contributed by atoms with van der Waals surface area (Å²) in [6.45, 7) is 12.0. The van der Waals surface area contributed by atoms with Crippen LogP contribution in [-0.2, 0) is 0 Å². The Morgan fingerprint density at radius 3 is 2.40 bits per heavy atom. The van der Waals surface area contributed by atoms with Gasteiger partial charge in [0.05, 0.1) is 6.20 Å². The molecule has 15 heavy (non-hydrogen) atoms. The lowest BCUT2D eigenvalue weighted by Gasteiger charge is -2.13. The standard InChI is InChI=1S/C12H23N3/c1-9(2)6-13-11(5)12-7-14-15(8-12)10(3)4/h7-11,13H,6H2,1-5H3. The Hall–Kier alpha value is -0.830. The molecule has 0 aromatic carbocycles. The first-order valence-electron chi connectivity index (χ1n) is 5.78. The minimum atomic E-state index is 0.389. The van der Waals surface area contributed by atoms with E-state index in [1.54, 1.807) is 0 Å². The van der Waals surface area contributed by atoms with Crippen LogP contribution in [0.15, 0.2) is 12.4 Å². The second kappa shape index (κ2) is 5.31. The maximum Gasteiger partial charge on any atom is 0.0537 e. The number of hydrogen-bond donors (Lipinski definition) is 1. The maximum absolute atomic E-state index is 4.34. The lowest BCUT2D eigenvalue weighted by atomic mass is 10.1. The monoisotopic (exact) mass is 209 g/mol. The smallest absolute Gasteiger partial charge is 0.0537 e. The highest BCUT2D eigenvalue weighted by Gasteiger charge is 2.09. The fourth-order valence-electron chi connectivity index (χ4n) is 1.39. The average molecular weight is 209 g/mol. The molecule has 0 bridgehead atoms. The van der Waals surface area contributed by atoms with Gasteiger partial charge >= 0.3 is 0 Å². The molecule has 1 aromatic rings. The molecule has 1 N–H and O–H groups in total. The van der Waals surface area contributed by atoms with Gasteiger partial charge in [0.15, 0.2) is 0 Å². The van der Waals surface area contributed by atoms with Crippen LogP contribution in [0.1, 0.15) is 52.3 Å². The lowest BCUT2D eigenvalue weighted by molar-refractivity contribution is 0.494. The molecule has 0 aliphatic rings. The second-order valence-electron chi connectivity index (χ2n) is 4.87. The normalized spacial score (nSPS) is 13.8. The number of hydrogen-bond acceptors (Lipinski definition) is 2. The Labute approximate surface area is 92.9 Å². The minimum absolute atomic E-state index is 0.389. The SMILES string of the molecule is CC(C)CNC(C)c1cnn(C(C)C)c1. The first kappa shape index (κ1) is 12.2. The van der Waals surface area contributed by atoms with E-state index < -0.39 is 0 Å². The van der Waals surface area contributed by atoms with Crippen LogP contribution in [0.2, 0.25) is 0 Å². The number of rotatable bonds is 5. The summed E-state index contributed by atoms with van der Waals surface area (Å²) in [5, 5.41) is 7.84. The van der Waals surface area contributed by atoms with E-state index in [0.717, 1.165) is 6.54 Å². The van der Waals surface area contributed by atoms with E-state index in [-0.39, 0.29) is 0 Å². The van der Waals surface area contributed by atoms with Crippen LogP contribution >= 0.6 is 0 Å². The predicted octanol–water partition coefficient (Wildman–Crippen LogP) is 2.77. The topological polar surface area (TPSA) is 29.9 Å². The van der Waals surface area contributed by atoms with Crippen molar-refractivity contribution >= 4 is 0 Å². The van der Waals surface area contributed by atoms with Crippen molar-refractivity contribution in [1.82, 2.24) is 15.1 Å². The Kier molecular flexibility index (Phi) is 4.33. The van der Waals surface area contributed by atoms with Crippen LogP contribution < -0.4 is 5.32 Å². The van der Waals surface area contributed by atoms with E-state index in [1.165, 1.54) is 5.56 Å². The molecule has 0 saturated heterocycles. The highest BCUT2D eigenvalue weighted by molar-refractivity contribution is 5.09. The maximum atomic E-state index is 4.34. The predicted molar refractivity (Wildman–Crippen MR) is 63.9 cm³/mol. The Balaban J connectivity index is 2.54. The van der Waals surface area contributed by atoms with E-state index in [1.807, 2.05) is 10.9 Å². The molecule has 1 heterocycles. The summed E-state index contributed by atoms with van der Waals surface area (Å²) in [6, 6.07) is 0.830. The Morgan fingerprint density at radius 2 is 1.93 bits per heavy atom. The molecule has 0 radical (unpaired) electrons. The van der Waals surface area contributed by atoms with Gasteiger partial charge in [0.25, 0.3) is 0 Å². The molecule has 0 fully saturated rings. The molecule has 0 saturated carbocycles. The third-order valence-electron chi connectivity index (χ3n) is 2.48. The first-order valence-corrected chi connectivity index (χ1v) is 5.78. The zero-order chi connectivity index (χ0) is 11.4. The number of nitrogens with zero attached hydrogens (tertiary/aromatic N) is 2. The first-order chi connectivity index (χ1) is 7.00. The highest BCUT2D eigenvalue weighted by Crippen LogP contribution is 2.13. The fourth-order valence-corrected chi connectivity index (χ4v) is 1.39. The van der Waals surface area contributed by atoms with Crippen molar-refractivity contribution in [3.05, 3.63) is 18.0 Å². The van der Waals surface area contributed by atoms with Gasteiger partial charge in [-0.25, -0.2) is 0 Å². The molecule has 1 rings (SSSR count). The van der Waals surface area contributed by atoms with Crippen molar-refractivity contribution in [2.24, 2.45) is 5.92 Å². The quantitative estimate of drug-likeness (QED) is 0.808. The van der Waals surface area contributed by atoms with Gasteiger partial charge in [0, 0.05) is 23.8 Å². The van der Waals surface area contributed by atoms with Gasteiger partial charge in [-0.1, -0.05) is 13.8 Å². The molecule has 1 aromatic heterocycles. The molecule has 1 unspecified atom stereocenters. The summed E-state index contributed by atoms with van der Waals surface area (Å²) < 4.78 is 2.00. The summed E-state index contributed by atoms with van der Waals surface area (Å²) in [5.74, 6) is 0.688.